The third-order valence-electron chi connectivity index (χ3n) is 17.2. The number of carbonyl (C=O) groups excluding carboxylic acids is 4. The summed E-state index contributed by atoms with van der Waals surface area (Å²) >= 11 is 0. The number of terminal acetylenes is 1. The van der Waals surface area contributed by atoms with Crippen molar-refractivity contribution in [3.05, 3.63) is 70.8 Å². The maximum Gasteiger partial charge on any atom is 0.319 e. The van der Waals surface area contributed by atoms with Gasteiger partial charge in [0.2, 0.25) is 17.7 Å². The molecule has 2 bridgehead atoms. The Hall–Kier alpha value is -7.88. The van der Waals surface area contributed by atoms with Crippen LogP contribution in [0.2, 0.25) is 0 Å². The molecule has 0 radical (unpaired) electrons. The number of hydrogen-bond acceptors (Lipinski definition) is 15. The molecule has 3 unspecified atom stereocenters. The van der Waals surface area contributed by atoms with Gasteiger partial charge in [0.1, 0.15) is 46.6 Å². The van der Waals surface area contributed by atoms with Gasteiger partial charge < -0.3 is 49.3 Å². The van der Waals surface area contributed by atoms with Gasteiger partial charge in [-0.25, -0.2) is 18.6 Å². The number of fused-ring (bicyclic) bond motifs is 5. The first kappa shape index (κ1) is 50.9. The highest BCUT2D eigenvalue weighted by molar-refractivity contribution is 6.06. The number of nitriles is 1. The van der Waals surface area contributed by atoms with E-state index in [1.54, 1.807) is 9.80 Å². The van der Waals surface area contributed by atoms with E-state index in [0.717, 1.165) is 102 Å². The lowest BCUT2D eigenvalue weighted by molar-refractivity contribution is -0.136. The topological polar surface area (TPSA) is 213 Å². The van der Waals surface area contributed by atoms with Crippen LogP contribution in [0, 0.1) is 46.6 Å². The number of aromatic hydroxyl groups is 1. The van der Waals surface area contributed by atoms with E-state index in [-0.39, 0.29) is 99.1 Å². The Balaban J connectivity index is 0.720. The van der Waals surface area contributed by atoms with Crippen LogP contribution in [0.1, 0.15) is 72.9 Å². The number of hydrogen-bond donors (Lipinski definition) is 3. The molecule has 1 saturated carbocycles. The maximum atomic E-state index is 17.6. The summed E-state index contributed by atoms with van der Waals surface area (Å²) in [6.45, 7) is 8.67. The summed E-state index contributed by atoms with van der Waals surface area (Å²) < 4.78 is 45.3. The van der Waals surface area contributed by atoms with Crippen LogP contribution in [0.15, 0.2) is 42.5 Å². The highest BCUT2D eigenvalue weighted by Crippen LogP contribution is 2.48. The van der Waals surface area contributed by atoms with E-state index >= 15 is 8.78 Å². The van der Waals surface area contributed by atoms with E-state index < -0.39 is 23.6 Å². The fraction of sp³-hybridized carbons (Fsp3) is 0.474. The van der Waals surface area contributed by atoms with Gasteiger partial charge in [-0.2, -0.15) is 15.2 Å². The van der Waals surface area contributed by atoms with E-state index in [2.05, 4.69) is 42.3 Å². The zero-order valence-electron chi connectivity index (χ0n) is 43.4. The number of aromatic nitrogens is 3. The van der Waals surface area contributed by atoms with Crippen LogP contribution in [0.5, 0.6) is 17.6 Å². The second-order valence-corrected chi connectivity index (χ2v) is 22.0. The van der Waals surface area contributed by atoms with Crippen molar-refractivity contribution in [2.75, 3.05) is 95.5 Å². The number of benzene rings is 3. The van der Waals surface area contributed by atoms with Crippen molar-refractivity contribution >= 4 is 56.9 Å². The van der Waals surface area contributed by atoms with Crippen LogP contribution in [-0.4, -0.2) is 167 Å². The lowest BCUT2D eigenvalue weighted by atomic mass is 9.95. The fourth-order valence-electron chi connectivity index (χ4n) is 12.9. The van der Waals surface area contributed by atoms with Crippen molar-refractivity contribution in [2.24, 2.45) is 11.3 Å². The van der Waals surface area contributed by atoms with Crippen molar-refractivity contribution < 1.29 is 42.5 Å². The molecule has 5 aromatic rings. The summed E-state index contributed by atoms with van der Waals surface area (Å²) in [5, 5.41) is 25.8. The monoisotopic (exact) mass is 1060 g/mol. The minimum Gasteiger partial charge on any atom is -0.508 e. The number of urea groups is 1. The molecule has 2 aromatic heterocycles. The standard InChI is InChI=1S/C57H60F2N12O7/c1-3-40-43(58)9-4-34-25-39(72)26-42(46(34)40)49-48(59)50-47(53(63-49)77-2)51(69-29-37-5-6-38(30-69)71(37)56(76)61-17-16-60)65-55(64-50)78-32-57(14-15-57)31-67-22-20-66(21-23-67)27-33-12-18-68(19-13-33)36-7-8-41-35(24-36)28-70(54(41)75)44-10-11-45(73)62-52(44)74/h1,4,7-9,24-26,33,37-38,44,72H,5-6,10-15,17-23,27-32H2,2H3,(H,61,76)(H,62,73,74). The molecule has 404 valence electrons. The molecular formula is C57H60F2N12O7. The third-order valence-corrected chi connectivity index (χ3v) is 17.2. The van der Waals surface area contributed by atoms with Crippen LogP contribution in [0.4, 0.5) is 25.1 Å². The first-order valence-corrected chi connectivity index (χ1v) is 27.0. The molecule has 19 nitrogen and oxygen atoms in total. The molecule has 21 heteroatoms. The predicted molar refractivity (Wildman–Crippen MR) is 284 cm³/mol. The van der Waals surface area contributed by atoms with Gasteiger partial charge in [0, 0.05) is 106 Å². The van der Waals surface area contributed by atoms with Gasteiger partial charge in [-0.05, 0) is 98.2 Å². The first-order valence-electron chi connectivity index (χ1n) is 27.0. The largest absolute Gasteiger partial charge is 0.508 e. The Labute approximate surface area is 449 Å². The number of phenolic OH excluding ortho intramolecular Hbond substituents is 1. The Morgan fingerprint density at radius 1 is 0.910 bits per heavy atom. The predicted octanol–water partition coefficient (Wildman–Crippen LogP) is 5.16. The summed E-state index contributed by atoms with van der Waals surface area (Å²) in [6, 6.07) is 11.9. The van der Waals surface area contributed by atoms with E-state index in [1.165, 1.54) is 31.4 Å². The van der Waals surface area contributed by atoms with Crippen LogP contribution < -0.4 is 29.9 Å². The highest BCUT2D eigenvalue weighted by Gasteiger charge is 2.47. The molecular weight excluding hydrogens is 1000 g/mol. The number of ether oxygens (including phenoxy) is 2. The highest BCUT2D eigenvalue weighted by atomic mass is 19.1. The number of amides is 5. The number of nitrogens with zero attached hydrogens (tertiary/aromatic N) is 10. The summed E-state index contributed by atoms with van der Waals surface area (Å²) in [5.74, 6) is 0.618. The second kappa shape index (κ2) is 20.5. The van der Waals surface area contributed by atoms with Crippen molar-refractivity contribution in [3.63, 3.8) is 0 Å². The number of carbonyl (C=O) groups is 4. The van der Waals surface area contributed by atoms with Crippen LogP contribution in [0.3, 0.4) is 0 Å². The van der Waals surface area contributed by atoms with Gasteiger partial charge in [-0.1, -0.05) is 12.0 Å². The number of piperazine rings is 2. The number of imide groups is 1. The minimum absolute atomic E-state index is 0.0136. The van der Waals surface area contributed by atoms with Gasteiger partial charge in [0.05, 0.1) is 37.4 Å². The Kier molecular flexibility index (Phi) is 13.4. The molecule has 6 aliphatic heterocycles. The van der Waals surface area contributed by atoms with Gasteiger partial charge in [0.15, 0.2) is 5.82 Å². The van der Waals surface area contributed by atoms with Gasteiger partial charge >= 0.3 is 12.0 Å². The fourth-order valence-corrected chi connectivity index (χ4v) is 12.9. The molecule has 1 aliphatic carbocycles. The van der Waals surface area contributed by atoms with E-state index in [9.17, 15) is 24.3 Å². The van der Waals surface area contributed by atoms with Crippen molar-refractivity contribution in [1.29, 1.82) is 5.26 Å². The van der Waals surface area contributed by atoms with E-state index in [0.29, 0.717) is 55.3 Å². The Bertz CT molecular complexity index is 3350. The quantitative estimate of drug-likeness (QED) is 0.0790. The Morgan fingerprint density at radius 3 is 2.37 bits per heavy atom. The van der Waals surface area contributed by atoms with Crippen molar-refractivity contribution in [3.8, 4) is 47.3 Å². The SMILES string of the molecule is C#Cc1c(F)ccc2cc(O)cc(-c3nc(OC)c4c(N5CC6CCC(C5)N6C(=O)NCC#N)nc(OCC5(CN6CCN(CC7CCN(c8ccc9c(c8)CN(C8CCC(=O)NC8=O)C9=O)CC7)CC6)CC5)nc4c3F)c12. The molecule has 6 fully saturated rings. The molecule has 5 saturated heterocycles. The number of piperidine rings is 2. The maximum absolute atomic E-state index is 17.6. The zero-order valence-corrected chi connectivity index (χ0v) is 43.4. The molecule has 3 atom stereocenters. The average molecular weight is 1060 g/mol. The van der Waals surface area contributed by atoms with E-state index in [1.807, 2.05) is 23.1 Å². The van der Waals surface area contributed by atoms with Crippen LogP contribution in [0.25, 0.3) is 32.9 Å². The molecule has 3 aromatic carbocycles. The summed E-state index contributed by atoms with van der Waals surface area (Å²) in [6.07, 6.45) is 11.8. The first-order chi connectivity index (χ1) is 37.8. The number of rotatable bonds is 13. The van der Waals surface area contributed by atoms with Crippen LogP contribution >= 0.6 is 0 Å². The third kappa shape index (κ3) is 9.46. The average Bonchev–Trinajstić information content (AvgIpc) is 4.12. The van der Waals surface area contributed by atoms with Gasteiger partial charge in [-0.15, -0.1) is 6.42 Å². The van der Waals surface area contributed by atoms with E-state index in [4.69, 9.17) is 31.1 Å². The minimum atomic E-state index is -0.875. The number of nitrogens with one attached hydrogen (secondary N) is 2. The Morgan fingerprint density at radius 2 is 1.67 bits per heavy atom. The molecule has 7 aliphatic rings. The van der Waals surface area contributed by atoms with Crippen LogP contribution in [-0.2, 0) is 16.1 Å². The molecule has 5 amide bonds. The summed E-state index contributed by atoms with van der Waals surface area (Å²) in [7, 11) is 1.40. The number of halogens is 2. The number of methoxy groups -OCH3 is 1. The molecule has 12 rings (SSSR count). The lowest BCUT2D eigenvalue weighted by Crippen LogP contribution is -2.58. The number of phenols is 1. The van der Waals surface area contributed by atoms with Crippen molar-refractivity contribution in [1.82, 2.24) is 45.2 Å². The lowest BCUT2D eigenvalue weighted by Gasteiger charge is -2.41. The smallest absolute Gasteiger partial charge is 0.319 e. The molecule has 8 heterocycles. The number of pyridine rings is 1. The molecule has 0 spiro atoms. The number of anilines is 2. The summed E-state index contributed by atoms with van der Waals surface area (Å²) in [4.78, 5) is 78.0. The molecule has 3 N–H and O–H groups in total. The molecule has 78 heavy (non-hydrogen) atoms. The summed E-state index contributed by atoms with van der Waals surface area (Å²) in [5.41, 5.74) is 1.98. The van der Waals surface area contributed by atoms with Crippen molar-refractivity contribution in [2.45, 2.75) is 76.0 Å². The van der Waals surface area contributed by atoms with Gasteiger partial charge in [-0.3, -0.25) is 19.7 Å². The normalized spacial score (nSPS) is 22.4. The van der Waals surface area contributed by atoms with Gasteiger partial charge in [0.25, 0.3) is 5.91 Å². The second-order valence-electron chi connectivity index (χ2n) is 22.0. The zero-order chi connectivity index (χ0) is 54.0.